The lowest BCUT2D eigenvalue weighted by atomic mass is 9.98. The molecule has 0 aliphatic heterocycles. The summed E-state index contributed by atoms with van der Waals surface area (Å²) in [5, 5.41) is 0. The van der Waals surface area contributed by atoms with Gasteiger partial charge in [-0.3, -0.25) is 14.2 Å². The van der Waals surface area contributed by atoms with Crippen molar-refractivity contribution in [2.45, 2.75) is 34.2 Å². The fourth-order valence-electron chi connectivity index (χ4n) is 2.23. The average Bonchev–Trinajstić information content (AvgIpc) is 2.43. The highest BCUT2D eigenvalue weighted by Gasteiger charge is 2.14. The maximum atomic E-state index is 12.5. The number of halogens is 1. The number of rotatable bonds is 3. The zero-order valence-corrected chi connectivity index (χ0v) is 14.7. The fourth-order valence-corrected chi connectivity index (χ4v) is 2.66. The Hall–Kier alpha value is -1.50. The number of carbonyl (C=O) groups excluding carboxylic acids is 1. The van der Waals surface area contributed by atoms with Gasteiger partial charge in [-0.15, -0.1) is 0 Å². The SMILES string of the molecule is Cc1cc(C)c(C(=O)Cn2c(C)ncc(I)c2=O)cc1C. The normalized spacial score (nSPS) is 10.7. The summed E-state index contributed by atoms with van der Waals surface area (Å²) in [6.45, 7) is 7.68. The number of aryl methyl sites for hydroxylation is 4. The first-order valence-corrected chi connectivity index (χ1v) is 7.72. The van der Waals surface area contributed by atoms with Crippen molar-refractivity contribution in [2.24, 2.45) is 0 Å². The molecule has 0 saturated heterocycles. The Morgan fingerprint density at radius 3 is 2.43 bits per heavy atom. The van der Waals surface area contributed by atoms with Crippen LogP contribution in [0.2, 0.25) is 0 Å². The number of hydrogen-bond acceptors (Lipinski definition) is 3. The second-order valence-corrected chi connectivity index (χ2v) is 6.38. The number of nitrogens with zero attached hydrogens (tertiary/aromatic N) is 2. The van der Waals surface area contributed by atoms with E-state index in [0.717, 1.165) is 16.7 Å². The molecule has 0 fully saturated rings. The molecule has 0 bridgehead atoms. The van der Waals surface area contributed by atoms with Crippen molar-refractivity contribution >= 4 is 28.4 Å². The van der Waals surface area contributed by atoms with E-state index >= 15 is 0 Å². The zero-order valence-electron chi connectivity index (χ0n) is 12.5. The van der Waals surface area contributed by atoms with Gasteiger partial charge < -0.3 is 0 Å². The van der Waals surface area contributed by atoms with Crippen LogP contribution < -0.4 is 5.56 Å². The van der Waals surface area contributed by atoms with Crippen molar-refractivity contribution in [2.75, 3.05) is 0 Å². The van der Waals surface area contributed by atoms with Crippen LogP contribution in [-0.4, -0.2) is 15.3 Å². The van der Waals surface area contributed by atoms with Gasteiger partial charge in [-0.1, -0.05) is 6.07 Å². The first-order valence-electron chi connectivity index (χ1n) is 6.64. The minimum absolute atomic E-state index is 0.0256. The standard InChI is InChI=1S/C16H17IN2O2/c1-9-5-11(3)13(6-10(9)2)15(20)8-19-12(4)18-7-14(17)16(19)21/h5-7H,8H2,1-4H3. The predicted molar refractivity (Wildman–Crippen MR) is 90.9 cm³/mol. The minimum Gasteiger partial charge on any atom is -0.292 e. The Balaban J connectivity index is 2.42. The van der Waals surface area contributed by atoms with Crippen molar-refractivity contribution < 1.29 is 4.79 Å². The van der Waals surface area contributed by atoms with Crippen LogP contribution in [0, 0.1) is 31.3 Å². The third kappa shape index (κ3) is 3.23. The van der Waals surface area contributed by atoms with Crippen molar-refractivity contribution in [1.82, 2.24) is 9.55 Å². The lowest BCUT2D eigenvalue weighted by Gasteiger charge is -2.12. The van der Waals surface area contributed by atoms with Crippen LogP contribution in [-0.2, 0) is 6.54 Å². The highest BCUT2D eigenvalue weighted by atomic mass is 127. The molecular weight excluding hydrogens is 379 g/mol. The van der Waals surface area contributed by atoms with Gasteiger partial charge in [0.1, 0.15) is 5.82 Å². The van der Waals surface area contributed by atoms with E-state index in [9.17, 15) is 9.59 Å². The maximum Gasteiger partial charge on any atom is 0.267 e. The average molecular weight is 396 g/mol. The molecular formula is C16H17IN2O2. The first kappa shape index (κ1) is 15.9. The molecule has 1 heterocycles. The molecule has 0 aliphatic rings. The molecule has 0 atom stereocenters. The largest absolute Gasteiger partial charge is 0.292 e. The predicted octanol–water partition coefficient (Wildman–Crippen LogP) is 2.96. The van der Waals surface area contributed by atoms with Crippen molar-refractivity contribution in [3.8, 4) is 0 Å². The van der Waals surface area contributed by atoms with E-state index < -0.39 is 0 Å². The zero-order chi connectivity index (χ0) is 15.7. The third-order valence-electron chi connectivity index (χ3n) is 3.65. The molecule has 4 nitrogen and oxygen atoms in total. The van der Waals surface area contributed by atoms with E-state index in [-0.39, 0.29) is 17.9 Å². The second kappa shape index (κ2) is 6.09. The van der Waals surface area contributed by atoms with Gasteiger partial charge in [-0.25, -0.2) is 4.98 Å². The number of carbonyl (C=O) groups is 1. The molecule has 0 N–H and O–H groups in total. The summed E-state index contributed by atoms with van der Waals surface area (Å²) in [5.74, 6) is 0.486. The van der Waals surface area contributed by atoms with Crippen LogP contribution in [0.3, 0.4) is 0 Å². The topological polar surface area (TPSA) is 52.0 Å². The molecule has 21 heavy (non-hydrogen) atoms. The lowest BCUT2D eigenvalue weighted by molar-refractivity contribution is 0.0968. The number of hydrogen-bond donors (Lipinski definition) is 0. The third-order valence-corrected chi connectivity index (χ3v) is 4.39. The van der Waals surface area contributed by atoms with Crippen molar-refractivity contribution in [3.63, 3.8) is 0 Å². The lowest BCUT2D eigenvalue weighted by Crippen LogP contribution is -2.29. The highest BCUT2D eigenvalue weighted by molar-refractivity contribution is 14.1. The van der Waals surface area contributed by atoms with Crippen LogP contribution in [0.1, 0.15) is 32.9 Å². The Morgan fingerprint density at radius 1 is 1.14 bits per heavy atom. The van der Waals surface area contributed by atoms with Gasteiger partial charge in [-0.2, -0.15) is 0 Å². The second-order valence-electron chi connectivity index (χ2n) is 5.22. The van der Waals surface area contributed by atoms with Crippen molar-refractivity contribution in [1.29, 1.82) is 0 Å². The molecule has 1 aromatic heterocycles. The molecule has 0 radical (unpaired) electrons. The summed E-state index contributed by atoms with van der Waals surface area (Å²) >= 11 is 1.94. The van der Waals surface area contributed by atoms with Gasteiger partial charge in [-0.05, 0) is 73.0 Å². The molecule has 0 aliphatic carbocycles. The summed E-state index contributed by atoms with van der Waals surface area (Å²) in [7, 11) is 0. The fraction of sp³-hybridized carbons (Fsp3) is 0.312. The molecule has 0 amide bonds. The summed E-state index contributed by atoms with van der Waals surface area (Å²) < 4.78 is 1.95. The molecule has 5 heteroatoms. The Labute approximate surface area is 137 Å². The quantitative estimate of drug-likeness (QED) is 0.592. The van der Waals surface area contributed by atoms with Gasteiger partial charge >= 0.3 is 0 Å². The number of Topliss-reactive ketones (excluding diaryl/α,β-unsaturated/α-hetero) is 1. The molecule has 2 rings (SSSR count). The summed E-state index contributed by atoms with van der Waals surface area (Å²) in [4.78, 5) is 28.8. The smallest absolute Gasteiger partial charge is 0.267 e. The Bertz CT molecular complexity index is 779. The highest BCUT2D eigenvalue weighted by Crippen LogP contribution is 2.16. The molecule has 0 unspecified atom stereocenters. The Kier molecular flexibility index (Phi) is 4.61. The molecule has 2 aromatic rings. The summed E-state index contributed by atoms with van der Waals surface area (Å²) in [6.07, 6.45) is 1.53. The summed E-state index contributed by atoms with van der Waals surface area (Å²) in [6, 6.07) is 3.90. The number of aromatic nitrogens is 2. The van der Waals surface area contributed by atoms with E-state index in [1.165, 1.54) is 10.8 Å². The number of ketones is 1. The number of benzene rings is 1. The van der Waals surface area contributed by atoms with E-state index in [2.05, 4.69) is 4.98 Å². The molecule has 0 spiro atoms. The summed E-state index contributed by atoms with van der Waals surface area (Å²) in [5.41, 5.74) is 3.68. The molecule has 0 saturated carbocycles. The maximum absolute atomic E-state index is 12.5. The van der Waals surface area contributed by atoms with Gasteiger partial charge in [0.25, 0.3) is 5.56 Å². The minimum atomic E-state index is -0.169. The van der Waals surface area contributed by atoms with Gasteiger partial charge in [0.05, 0.1) is 10.1 Å². The van der Waals surface area contributed by atoms with Gasteiger partial charge in [0.15, 0.2) is 5.78 Å². The van der Waals surface area contributed by atoms with Crippen LogP contribution in [0.5, 0.6) is 0 Å². The first-order chi connectivity index (χ1) is 9.81. The van der Waals surface area contributed by atoms with Crippen LogP contribution in [0.15, 0.2) is 23.1 Å². The van der Waals surface area contributed by atoms with Gasteiger partial charge in [0, 0.05) is 11.8 Å². The van der Waals surface area contributed by atoms with E-state index in [4.69, 9.17) is 0 Å². The molecule has 110 valence electrons. The van der Waals surface area contributed by atoms with E-state index in [1.807, 2.05) is 55.5 Å². The van der Waals surface area contributed by atoms with Crippen LogP contribution in [0.25, 0.3) is 0 Å². The molecule has 1 aromatic carbocycles. The van der Waals surface area contributed by atoms with E-state index in [0.29, 0.717) is 15.0 Å². The van der Waals surface area contributed by atoms with Crippen LogP contribution in [0.4, 0.5) is 0 Å². The van der Waals surface area contributed by atoms with Crippen LogP contribution >= 0.6 is 22.6 Å². The van der Waals surface area contributed by atoms with Gasteiger partial charge in [0.2, 0.25) is 0 Å². The monoisotopic (exact) mass is 396 g/mol. The van der Waals surface area contributed by atoms with Crippen molar-refractivity contribution in [3.05, 3.63) is 60.3 Å². The Morgan fingerprint density at radius 2 is 1.76 bits per heavy atom. The van der Waals surface area contributed by atoms with E-state index in [1.54, 1.807) is 6.92 Å².